The van der Waals surface area contributed by atoms with Gasteiger partial charge in [-0.25, -0.2) is 13.1 Å². The lowest BCUT2D eigenvalue weighted by Crippen LogP contribution is -2.26. The van der Waals surface area contributed by atoms with E-state index in [-0.39, 0.29) is 25.1 Å². The molecule has 0 spiro atoms. The molecule has 0 unspecified atom stereocenters. The summed E-state index contributed by atoms with van der Waals surface area (Å²) in [5.41, 5.74) is 6.92. The van der Waals surface area contributed by atoms with E-state index in [1.807, 2.05) is 0 Å². The molecule has 0 saturated heterocycles. The highest BCUT2D eigenvalue weighted by Gasteiger charge is 2.12. The number of methoxy groups -OCH3 is 2. The van der Waals surface area contributed by atoms with Crippen LogP contribution in [0, 0.1) is 0 Å². The number of nitrogens with one attached hydrogen (secondary N) is 1. The number of ether oxygens (including phenoxy) is 2. The summed E-state index contributed by atoms with van der Waals surface area (Å²) in [6.07, 6.45) is 0.291. The summed E-state index contributed by atoms with van der Waals surface area (Å²) < 4.78 is 35.5. The maximum atomic E-state index is 11.8. The number of benzene rings is 1. The lowest BCUT2D eigenvalue weighted by molar-refractivity contribution is -0.140. The molecule has 0 amide bonds. The molecule has 0 aliphatic rings. The van der Waals surface area contributed by atoms with E-state index in [9.17, 15) is 13.2 Å². The average Bonchev–Trinajstić information content (AvgIpc) is 2.45. The zero-order chi connectivity index (χ0) is 15.9. The Kier molecular flexibility index (Phi) is 6.44. The minimum absolute atomic E-state index is 0.0763. The molecule has 21 heavy (non-hydrogen) atoms. The minimum atomic E-state index is -3.44. The summed E-state index contributed by atoms with van der Waals surface area (Å²) in [7, 11) is -0.666. The molecule has 1 aromatic carbocycles. The van der Waals surface area contributed by atoms with Gasteiger partial charge in [0.2, 0.25) is 10.0 Å². The Morgan fingerprint density at radius 3 is 2.62 bits per heavy atom. The van der Waals surface area contributed by atoms with Crippen molar-refractivity contribution in [1.82, 2.24) is 4.72 Å². The van der Waals surface area contributed by atoms with Crippen molar-refractivity contribution >= 4 is 21.7 Å². The van der Waals surface area contributed by atoms with Crippen LogP contribution in [0.4, 0.5) is 5.69 Å². The monoisotopic (exact) mass is 316 g/mol. The van der Waals surface area contributed by atoms with E-state index in [1.165, 1.54) is 14.2 Å². The van der Waals surface area contributed by atoms with Crippen molar-refractivity contribution < 1.29 is 22.7 Å². The van der Waals surface area contributed by atoms with Gasteiger partial charge in [-0.3, -0.25) is 4.79 Å². The summed E-state index contributed by atoms with van der Waals surface area (Å²) >= 11 is 0. The Balaban J connectivity index is 2.49. The molecule has 0 aliphatic carbocycles. The molecule has 118 valence electrons. The van der Waals surface area contributed by atoms with E-state index in [4.69, 9.17) is 10.5 Å². The number of hydrogen-bond acceptors (Lipinski definition) is 6. The van der Waals surface area contributed by atoms with Crippen molar-refractivity contribution in [2.45, 2.75) is 19.4 Å². The minimum Gasteiger partial charge on any atom is -0.495 e. The van der Waals surface area contributed by atoms with Crippen molar-refractivity contribution in [2.75, 3.05) is 25.7 Å². The zero-order valence-corrected chi connectivity index (χ0v) is 12.9. The predicted molar refractivity (Wildman–Crippen MR) is 79.3 cm³/mol. The van der Waals surface area contributed by atoms with Crippen LogP contribution >= 0.6 is 0 Å². The fourth-order valence-corrected chi connectivity index (χ4v) is 2.72. The van der Waals surface area contributed by atoms with Gasteiger partial charge in [0.15, 0.2) is 0 Å². The summed E-state index contributed by atoms with van der Waals surface area (Å²) in [6.45, 7) is 0.134. The van der Waals surface area contributed by atoms with E-state index in [1.54, 1.807) is 18.2 Å². The number of nitrogen functional groups attached to an aromatic ring is 1. The number of anilines is 1. The molecule has 0 radical (unpaired) electrons. The van der Waals surface area contributed by atoms with Crippen LogP contribution in [0.1, 0.15) is 18.4 Å². The van der Waals surface area contributed by atoms with E-state index >= 15 is 0 Å². The molecule has 0 aromatic heterocycles. The van der Waals surface area contributed by atoms with Crippen molar-refractivity contribution in [3.8, 4) is 5.75 Å². The number of sulfonamides is 1. The second-order valence-electron chi connectivity index (χ2n) is 4.40. The molecular formula is C13H20N2O5S. The lowest BCUT2D eigenvalue weighted by atomic mass is 10.2. The fourth-order valence-electron chi connectivity index (χ4n) is 1.67. The van der Waals surface area contributed by atoms with E-state index < -0.39 is 16.0 Å². The predicted octanol–water partition coefficient (Wildman–Crippen LogP) is 0.650. The highest BCUT2D eigenvalue weighted by Crippen LogP contribution is 2.21. The van der Waals surface area contributed by atoms with Gasteiger partial charge in [0.1, 0.15) is 5.75 Å². The Morgan fingerprint density at radius 1 is 1.33 bits per heavy atom. The topological polar surface area (TPSA) is 108 Å². The third-order valence-electron chi connectivity index (χ3n) is 2.81. The summed E-state index contributed by atoms with van der Waals surface area (Å²) in [5, 5.41) is 0. The first-order valence-electron chi connectivity index (χ1n) is 6.34. The van der Waals surface area contributed by atoms with Crippen LogP contribution in [0.25, 0.3) is 0 Å². The van der Waals surface area contributed by atoms with Gasteiger partial charge in [0.05, 0.1) is 25.7 Å². The normalized spacial score (nSPS) is 11.1. The van der Waals surface area contributed by atoms with E-state index in [2.05, 4.69) is 9.46 Å². The van der Waals surface area contributed by atoms with Gasteiger partial charge in [-0.15, -0.1) is 0 Å². The Bertz CT molecular complexity index is 586. The molecule has 0 aliphatic heterocycles. The molecule has 1 aromatic rings. The lowest BCUT2D eigenvalue weighted by Gasteiger charge is -2.09. The van der Waals surface area contributed by atoms with Crippen LogP contribution in [-0.4, -0.2) is 34.4 Å². The zero-order valence-electron chi connectivity index (χ0n) is 12.1. The number of rotatable bonds is 8. The molecule has 1 rings (SSSR count). The van der Waals surface area contributed by atoms with Gasteiger partial charge in [-0.1, -0.05) is 6.07 Å². The summed E-state index contributed by atoms with van der Waals surface area (Å²) in [6, 6.07) is 5.05. The van der Waals surface area contributed by atoms with Gasteiger partial charge in [0.25, 0.3) is 0 Å². The third kappa shape index (κ3) is 6.01. The second-order valence-corrected chi connectivity index (χ2v) is 6.32. The maximum absolute atomic E-state index is 11.8. The van der Waals surface area contributed by atoms with Crippen LogP contribution in [0.5, 0.6) is 5.75 Å². The third-order valence-corrected chi connectivity index (χ3v) is 4.22. The number of esters is 1. The summed E-state index contributed by atoms with van der Waals surface area (Å²) in [4.78, 5) is 10.9. The molecule has 8 heteroatoms. The number of hydrogen-bond donors (Lipinski definition) is 2. The molecule has 0 heterocycles. The molecule has 0 bridgehead atoms. The smallest absolute Gasteiger partial charge is 0.305 e. The fraction of sp³-hybridized carbons (Fsp3) is 0.462. The number of carbonyl (C=O) groups is 1. The van der Waals surface area contributed by atoms with Crippen LogP contribution in [0.2, 0.25) is 0 Å². The Morgan fingerprint density at radius 2 is 2.05 bits per heavy atom. The number of nitrogens with two attached hydrogens (primary N) is 1. The molecule has 0 atom stereocenters. The van der Waals surface area contributed by atoms with Gasteiger partial charge in [-0.2, -0.15) is 0 Å². The maximum Gasteiger partial charge on any atom is 0.305 e. The standard InChI is InChI=1S/C13H20N2O5S/c1-19-12-6-5-10(8-11(12)14)9-15-21(17,18)7-3-4-13(16)20-2/h5-6,8,15H,3-4,7,9,14H2,1-2H3. The molecule has 0 fully saturated rings. The highest BCUT2D eigenvalue weighted by atomic mass is 32.2. The van der Waals surface area contributed by atoms with Crippen LogP contribution < -0.4 is 15.2 Å². The number of carbonyl (C=O) groups excluding carboxylic acids is 1. The van der Waals surface area contributed by atoms with Gasteiger partial charge < -0.3 is 15.2 Å². The Labute approximate surface area is 124 Å². The van der Waals surface area contributed by atoms with Crippen molar-refractivity contribution in [3.63, 3.8) is 0 Å². The quantitative estimate of drug-likeness (QED) is 0.538. The molecule has 0 saturated carbocycles. The SMILES string of the molecule is COC(=O)CCCS(=O)(=O)NCc1ccc(OC)c(N)c1. The van der Waals surface area contributed by atoms with Crippen LogP contribution in [0.15, 0.2) is 18.2 Å². The molecular weight excluding hydrogens is 296 g/mol. The van der Waals surface area contributed by atoms with Crippen LogP contribution in [0.3, 0.4) is 0 Å². The van der Waals surface area contributed by atoms with Gasteiger partial charge in [0, 0.05) is 13.0 Å². The summed E-state index contributed by atoms with van der Waals surface area (Å²) in [5.74, 6) is -0.0129. The van der Waals surface area contributed by atoms with Crippen molar-refractivity contribution in [1.29, 1.82) is 0 Å². The van der Waals surface area contributed by atoms with Crippen molar-refractivity contribution in [3.05, 3.63) is 23.8 Å². The first-order chi connectivity index (χ1) is 9.88. The van der Waals surface area contributed by atoms with E-state index in [0.29, 0.717) is 11.4 Å². The second kappa shape index (κ2) is 7.84. The average molecular weight is 316 g/mol. The van der Waals surface area contributed by atoms with Gasteiger partial charge in [-0.05, 0) is 24.1 Å². The first kappa shape index (κ1) is 17.3. The molecule has 7 nitrogen and oxygen atoms in total. The van der Waals surface area contributed by atoms with E-state index in [0.717, 1.165) is 5.56 Å². The van der Waals surface area contributed by atoms with Gasteiger partial charge >= 0.3 is 5.97 Å². The highest BCUT2D eigenvalue weighted by molar-refractivity contribution is 7.89. The largest absolute Gasteiger partial charge is 0.495 e. The van der Waals surface area contributed by atoms with Crippen LogP contribution in [-0.2, 0) is 26.1 Å². The Hall–Kier alpha value is -1.80. The molecule has 3 N–H and O–H groups in total. The first-order valence-corrected chi connectivity index (χ1v) is 7.99. The van der Waals surface area contributed by atoms with Crippen molar-refractivity contribution in [2.24, 2.45) is 0 Å².